The van der Waals surface area contributed by atoms with E-state index in [-0.39, 0.29) is 0 Å². The van der Waals surface area contributed by atoms with Gasteiger partial charge in [0, 0.05) is 12.3 Å². The molecule has 0 bridgehead atoms. The first-order valence-corrected chi connectivity index (χ1v) is 6.94. The molecule has 1 N–H and O–H groups in total. The van der Waals surface area contributed by atoms with Crippen LogP contribution in [0.4, 0.5) is 0 Å². The third-order valence-corrected chi connectivity index (χ3v) is 3.96. The Balaban J connectivity index is 2.51. The van der Waals surface area contributed by atoms with E-state index in [0.717, 1.165) is 18.5 Å². The van der Waals surface area contributed by atoms with Gasteiger partial charge in [-0.2, -0.15) is 0 Å². The van der Waals surface area contributed by atoms with Crippen molar-refractivity contribution >= 4 is 9.84 Å². The van der Waals surface area contributed by atoms with Crippen LogP contribution in [0.5, 0.6) is 0 Å². The molecule has 0 spiro atoms. The molecule has 1 unspecified atom stereocenters. The zero-order chi connectivity index (χ0) is 11.1. The molecule has 0 saturated carbocycles. The third kappa shape index (κ3) is 2.06. The van der Waals surface area contributed by atoms with E-state index < -0.39 is 9.84 Å². The van der Waals surface area contributed by atoms with Gasteiger partial charge in [-0.1, -0.05) is 6.07 Å². The Labute approximate surface area is 90.4 Å². The Hall–Kier alpha value is -0.870. The zero-order valence-electron chi connectivity index (χ0n) is 8.95. The van der Waals surface area contributed by atoms with Crippen molar-refractivity contribution in [3.8, 4) is 0 Å². The van der Waals surface area contributed by atoms with Crippen LogP contribution in [0.2, 0.25) is 0 Å². The van der Waals surface area contributed by atoms with E-state index in [4.69, 9.17) is 0 Å². The summed E-state index contributed by atoms with van der Waals surface area (Å²) >= 11 is 0. The predicted molar refractivity (Wildman–Crippen MR) is 59.7 cm³/mol. The van der Waals surface area contributed by atoms with Crippen molar-refractivity contribution < 1.29 is 8.42 Å². The van der Waals surface area contributed by atoms with Gasteiger partial charge >= 0.3 is 0 Å². The average molecular weight is 225 g/mol. The molecule has 0 radical (unpaired) electrons. The summed E-state index contributed by atoms with van der Waals surface area (Å²) in [5.41, 5.74) is 2.37. The average Bonchev–Trinajstić information content (AvgIpc) is 2.16. The standard InChI is InChI=1S/C11H15NO2S/c1-8-11-4-3-10(15(2,13)14)7-9(11)5-6-12-8/h3-4,7-8,12H,5-6H2,1-2H3. The van der Waals surface area contributed by atoms with Gasteiger partial charge in [0.05, 0.1) is 4.90 Å². The van der Waals surface area contributed by atoms with Crippen LogP contribution in [0.3, 0.4) is 0 Å². The summed E-state index contributed by atoms with van der Waals surface area (Å²) in [6.45, 7) is 3.01. The van der Waals surface area contributed by atoms with Gasteiger partial charge in [0.25, 0.3) is 0 Å². The summed E-state index contributed by atoms with van der Waals surface area (Å²) in [7, 11) is -3.07. The number of fused-ring (bicyclic) bond motifs is 1. The zero-order valence-corrected chi connectivity index (χ0v) is 9.76. The molecule has 4 heteroatoms. The molecule has 1 atom stereocenters. The molecule has 2 rings (SSSR count). The van der Waals surface area contributed by atoms with Crippen LogP contribution in [0.25, 0.3) is 0 Å². The van der Waals surface area contributed by atoms with Crippen molar-refractivity contribution in [3.05, 3.63) is 29.3 Å². The SMILES string of the molecule is CC1NCCc2cc(S(C)(=O)=O)ccc21. The fraction of sp³-hybridized carbons (Fsp3) is 0.455. The number of sulfone groups is 1. The number of rotatable bonds is 1. The number of nitrogens with one attached hydrogen (secondary N) is 1. The van der Waals surface area contributed by atoms with E-state index in [2.05, 4.69) is 12.2 Å². The maximum Gasteiger partial charge on any atom is 0.175 e. The number of hydrogen-bond donors (Lipinski definition) is 1. The van der Waals surface area contributed by atoms with Crippen LogP contribution in [-0.2, 0) is 16.3 Å². The monoisotopic (exact) mass is 225 g/mol. The van der Waals surface area contributed by atoms with Gasteiger partial charge in [-0.05, 0) is 43.1 Å². The second-order valence-electron chi connectivity index (χ2n) is 4.06. The van der Waals surface area contributed by atoms with Gasteiger partial charge in [-0.15, -0.1) is 0 Å². The van der Waals surface area contributed by atoms with Gasteiger partial charge in [0.1, 0.15) is 0 Å². The van der Waals surface area contributed by atoms with Crippen LogP contribution < -0.4 is 5.32 Å². The van der Waals surface area contributed by atoms with Crippen LogP contribution in [0, 0.1) is 0 Å². The quantitative estimate of drug-likeness (QED) is 0.783. The summed E-state index contributed by atoms with van der Waals surface area (Å²) in [4.78, 5) is 0.426. The van der Waals surface area contributed by atoms with E-state index in [1.807, 2.05) is 12.1 Å². The van der Waals surface area contributed by atoms with E-state index in [1.54, 1.807) is 6.07 Å². The highest BCUT2D eigenvalue weighted by molar-refractivity contribution is 7.90. The molecule has 0 aromatic heterocycles. The summed E-state index contributed by atoms with van der Waals surface area (Å²) in [5.74, 6) is 0. The van der Waals surface area contributed by atoms with Crippen LogP contribution >= 0.6 is 0 Å². The van der Waals surface area contributed by atoms with E-state index in [1.165, 1.54) is 11.8 Å². The fourth-order valence-electron chi connectivity index (χ4n) is 1.98. The maximum atomic E-state index is 11.4. The molecule has 1 aromatic rings. The Kier molecular flexibility index (Phi) is 2.56. The molecular weight excluding hydrogens is 210 g/mol. The topological polar surface area (TPSA) is 46.2 Å². The summed E-state index contributed by atoms with van der Waals surface area (Å²) < 4.78 is 22.8. The van der Waals surface area contributed by atoms with Gasteiger partial charge in [0.2, 0.25) is 0 Å². The highest BCUT2D eigenvalue weighted by Crippen LogP contribution is 2.24. The van der Waals surface area contributed by atoms with Crippen LogP contribution in [-0.4, -0.2) is 21.2 Å². The number of benzene rings is 1. The maximum absolute atomic E-state index is 11.4. The second-order valence-corrected chi connectivity index (χ2v) is 6.07. The molecular formula is C11H15NO2S. The Morgan fingerprint density at radius 1 is 1.40 bits per heavy atom. The normalized spacial score (nSPS) is 21.1. The Morgan fingerprint density at radius 2 is 2.13 bits per heavy atom. The van der Waals surface area contributed by atoms with Crippen molar-refractivity contribution in [3.63, 3.8) is 0 Å². The van der Waals surface area contributed by atoms with Crippen LogP contribution in [0.1, 0.15) is 24.1 Å². The molecule has 0 aliphatic carbocycles. The van der Waals surface area contributed by atoms with Crippen molar-refractivity contribution in [2.24, 2.45) is 0 Å². The molecule has 0 saturated heterocycles. The largest absolute Gasteiger partial charge is 0.310 e. The summed E-state index contributed by atoms with van der Waals surface area (Å²) in [5, 5.41) is 3.35. The van der Waals surface area contributed by atoms with Crippen molar-refractivity contribution in [1.29, 1.82) is 0 Å². The van der Waals surface area contributed by atoms with E-state index >= 15 is 0 Å². The molecule has 1 aromatic carbocycles. The van der Waals surface area contributed by atoms with Gasteiger partial charge in [-0.3, -0.25) is 0 Å². The first-order valence-electron chi connectivity index (χ1n) is 5.05. The summed E-state index contributed by atoms with van der Waals surface area (Å²) in [6.07, 6.45) is 2.16. The van der Waals surface area contributed by atoms with E-state index in [9.17, 15) is 8.42 Å². The first-order chi connectivity index (χ1) is 6.98. The third-order valence-electron chi connectivity index (χ3n) is 2.85. The minimum Gasteiger partial charge on any atom is -0.310 e. The van der Waals surface area contributed by atoms with Gasteiger partial charge < -0.3 is 5.32 Å². The van der Waals surface area contributed by atoms with Crippen LogP contribution in [0.15, 0.2) is 23.1 Å². The molecule has 3 nitrogen and oxygen atoms in total. The van der Waals surface area contributed by atoms with Gasteiger partial charge in [-0.25, -0.2) is 8.42 Å². The Morgan fingerprint density at radius 3 is 2.80 bits per heavy atom. The molecule has 15 heavy (non-hydrogen) atoms. The molecule has 0 fully saturated rings. The smallest absolute Gasteiger partial charge is 0.175 e. The lowest BCUT2D eigenvalue weighted by Crippen LogP contribution is -2.27. The van der Waals surface area contributed by atoms with Crippen molar-refractivity contribution in [2.75, 3.05) is 12.8 Å². The molecule has 1 aliphatic rings. The second kappa shape index (κ2) is 3.61. The van der Waals surface area contributed by atoms with Crippen molar-refractivity contribution in [2.45, 2.75) is 24.3 Å². The summed E-state index contributed by atoms with van der Waals surface area (Å²) in [6, 6.07) is 5.74. The van der Waals surface area contributed by atoms with Crippen molar-refractivity contribution in [1.82, 2.24) is 5.32 Å². The minimum absolute atomic E-state index is 0.322. The lowest BCUT2D eigenvalue weighted by molar-refractivity contribution is 0.539. The molecule has 1 aliphatic heterocycles. The Bertz CT molecular complexity index is 479. The fourth-order valence-corrected chi connectivity index (χ4v) is 2.66. The van der Waals surface area contributed by atoms with Gasteiger partial charge in [0.15, 0.2) is 9.84 Å². The molecule has 1 heterocycles. The molecule has 82 valence electrons. The lowest BCUT2D eigenvalue weighted by atomic mass is 9.96. The highest BCUT2D eigenvalue weighted by Gasteiger charge is 2.17. The highest BCUT2D eigenvalue weighted by atomic mass is 32.2. The van der Waals surface area contributed by atoms with E-state index in [0.29, 0.717) is 10.9 Å². The molecule has 0 amide bonds. The minimum atomic E-state index is -3.07. The first kappa shape index (κ1) is 10.6. The lowest BCUT2D eigenvalue weighted by Gasteiger charge is -2.24. The predicted octanol–water partition coefficient (Wildman–Crippen LogP) is 1.30. The number of hydrogen-bond acceptors (Lipinski definition) is 3.